The summed E-state index contributed by atoms with van der Waals surface area (Å²) in [5.74, 6) is -0.984. The molecule has 2 saturated heterocycles. The van der Waals surface area contributed by atoms with E-state index in [0.29, 0.717) is 12.8 Å². The Morgan fingerprint density at radius 1 is 0.516 bits per heavy atom. The standard InChI is InChI=1S/C47H76O15/c1-3-5-7-9-11-13-15-17-19-21-23-25-27-29-38(49)57-32-35(60-39(50)30-28-26-24-22-20-18-16-14-12-10-8-6-4-2)33-58-46-45(56)43(54)41(52)37(62-46)34-59-47-44(55)42(53)40(51)36(31-48)61-47/h5-16,35-37,40-48,51-56H,3-4,17-34H2,1-2H3/b7-5+,8-6+,11-9+,12-10+,15-13+,16-14+/t35?,36-,37-,40+,41+,42?,43?,44?,45?,46-,47-/m1/s1. The maximum absolute atomic E-state index is 12.9. The van der Waals surface area contributed by atoms with Crippen molar-refractivity contribution in [2.45, 2.75) is 184 Å². The highest BCUT2D eigenvalue weighted by atomic mass is 16.7. The lowest BCUT2D eigenvalue weighted by atomic mass is 9.98. The number of aliphatic hydroxyl groups excluding tert-OH is 7. The molecule has 62 heavy (non-hydrogen) atoms. The van der Waals surface area contributed by atoms with E-state index < -0.39 is 99.3 Å². The number of hydrogen-bond donors (Lipinski definition) is 7. The molecule has 0 aliphatic carbocycles. The van der Waals surface area contributed by atoms with Gasteiger partial charge in [0, 0.05) is 12.8 Å². The van der Waals surface area contributed by atoms with Crippen LogP contribution in [0.1, 0.15) is 117 Å². The van der Waals surface area contributed by atoms with Crippen LogP contribution in [0.4, 0.5) is 0 Å². The molecule has 2 aliphatic rings. The lowest BCUT2D eigenvalue weighted by Gasteiger charge is -2.42. The van der Waals surface area contributed by atoms with Crippen LogP contribution in [0.2, 0.25) is 0 Å². The Kier molecular flexibility index (Phi) is 30.5. The number of hydrogen-bond acceptors (Lipinski definition) is 15. The summed E-state index contributed by atoms with van der Waals surface area (Å²) in [6.07, 6.45) is 20.9. The Bertz CT molecular complexity index is 1360. The van der Waals surface area contributed by atoms with Gasteiger partial charge < -0.3 is 64.2 Å². The van der Waals surface area contributed by atoms with Crippen molar-refractivity contribution in [1.82, 2.24) is 0 Å². The first-order valence-electron chi connectivity index (χ1n) is 22.6. The maximum atomic E-state index is 12.9. The molecule has 0 amide bonds. The van der Waals surface area contributed by atoms with Crippen LogP contribution in [-0.2, 0) is 38.0 Å². The van der Waals surface area contributed by atoms with Gasteiger partial charge in [-0.1, -0.05) is 125 Å². The molecule has 0 spiro atoms. The summed E-state index contributed by atoms with van der Waals surface area (Å²) in [4.78, 5) is 25.6. The molecule has 0 saturated carbocycles. The van der Waals surface area contributed by atoms with E-state index in [1.807, 2.05) is 48.6 Å². The van der Waals surface area contributed by atoms with Crippen molar-refractivity contribution < 1.29 is 73.8 Å². The predicted octanol–water partition coefficient (Wildman–Crippen LogP) is 4.70. The van der Waals surface area contributed by atoms with Crippen molar-refractivity contribution in [3.8, 4) is 0 Å². The molecule has 354 valence electrons. The molecular weight excluding hydrogens is 805 g/mol. The lowest BCUT2D eigenvalue weighted by Crippen LogP contribution is -2.61. The van der Waals surface area contributed by atoms with Gasteiger partial charge in [0.2, 0.25) is 0 Å². The van der Waals surface area contributed by atoms with E-state index in [1.165, 1.54) is 0 Å². The maximum Gasteiger partial charge on any atom is 0.306 e. The van der Waals surface area contributed by atoms with Gasteiger partial charge in [-0.2, -0.15) is 0 Å². The quantitative estimate of drug-likeness (QED) is 0.0276. The molecular formula is C47H76O15. The molecule has 0 aromatic rings. The first-order valence-corrected chi connectivity index (χ1v) is 22.6. The number of unbranched alkanes of at least 4 members (excludes halogenated alkanes) is 10. The van der Waals surface area contributed by atoms with E-state index in [2.05, 4.69) is 38.2 Å². The molecule has 15 nitrogen and oxygen atoms in total. The SMILES string of the molecule is CC/C=C/C=C/C=C/CCCCCCCC(=O)OCC(CO[C@@H]1O[C@H](CO[C@@H]2O[C@H](CO)[C@H](O)C(O)C2O)[C@H](O)C(O)C1O)OC(=O)CCCCCCC/C=C/C=C/C=C/CC. The van der Waals surface area contributed by atoms with Crippen LogP contribution in [-0.4, -0.2) is 142 Å². The number of carbonyl (C=O) groups excluding carboxylic acids is 2. The fourth-order valence-corrected chi connectivity index (χ4v) is 6.57. The molecule has 0 aromatic heterocycles. The van der Waals surface area contributed by atoms with Crippen molar-refractivity contribution in [2.24, 2.45) is 0 Å². The fraction of sp³-hybridized carbons (Fsp3) is 0.702. The van der Waals surface area contributed by atoms with Crippen LogP contribution >= 0.6 is 0 Å². The van der Waals surface area contributed by atoms with Crippen molar-refractivity contribution in [1.29, 1.82) is 0 Å². The molecule has 7 N–H and O–H groups in total. The van der Waals surface area contributed by atoms with Crippen molar-refractivity contribution in [2.75, 3.05) is 26.4 Å². The minimum Gasteiger partial charge on any atom is -0.462 e. The second-order valence-electron chi connectivity index (χ2n) is 15.6. The van der Waals surface area contributed by atoms with Gasteiger partial charge >= 0.3 is 11.9 Å². The molecule has 2 rings (SSSR count). The Morgan fingerprint density at radius 2 is 0.968 bits per heavy atom. The number of aliphatic hydroxyl groups is 7. The average molecular weight is 881 g/mol. The minimum absolute atomic E-state index is 0.133. The smallest absolute Gasteiger partial charge is 0.306 e. The van der Waals surface area contributed by atoms with Gasteiger partial charge in [-0.15, -0.1) is 0 Å². The predicted molar refractivity (Wildman–Crippen MR) is 233 cm³/mol. The summed E-state index contributed by atoms with van der Waals surface area (Å²) < 4.78 is 33.4. The third-order valence-electron chi connectivity index (χ3n) is 10.3. The van der Waals surface area contributed by atoms with Crippen LogP contribution in [0, 0.1) is 0 Å². The van der Waals surface area contributed by atoms with Gasteiger partial charge in [0.05, 0.1) is 19.8 Å². The molecule has 5 unspecified atom stereocenters. The van der Waals surface area contributed by atoms with Gasteiger partial charge in [-0.05, 0) is 51.4 Å². The lowest BCUT2D eigenvalue weighted by molar-refractivity contribution is -0.332. The molecule has 11 atom stereocenters. The zero-order chi connectivity index (χ0) is 45.4. The number of ether oxygens (including phenoxy) is 6. The molecule has 2 heterocycles. The average Bonchev–Trinajstić information content (AvgIpc) is 3.26. The Labute approximate surface area is 368 Å². The summed E-state index contributed by atoms with van der Waals surface area (Å²) >= 11 is 0. The zero-order valence-electron chi connectivity index (χ0n) is 36.8. The summed E-state index contributed by atoms with van der Waals surface area (Å²) in [7, 11) is 0. The number of rotatable bonds is 32. The van der Waals surface area contributed by atoms with Crippen LogP contribution in [0.25, 0.3) is 0 Å². The van der Waals surface area contributed by atoms with E-state index >= 15 is 0 Å². The highest BCUT2D eigenvalue weighted by molar-refractivity contribution is 5.70. The third kappa shape index (κ3) is 23.0. The zero-order valence-corrected chi connectivity index (χ0v) is 36.8. The highest BCUT2D eigenvalue weighted by Crippen LogP contribution is 2.26. The van der Waals surface area contributed by atoms with Crippen LogP contribution in [0.5, 0.6) is 0 Å². The van der Waals surface area contributed by atoms with Crippen LogP contribution in [0.15, 0.2) is 72.9 Å². The molecule has 0 bridgehead atoms. The van der Waals surface area contributed by atoms with Crippen molar-refractivity contribution >= 4 is 11.9 Å². The Hall–Kier alpha value is -3.06. The van der Waals surface area contributed by atoms with Gasteiger partial charge in [0.15, 0.2) is 18.7 Å². The first kappa shape index (κ1) is 55.1. The van der Waals surface area contributed by atoms with Crippen LogP contribution < -0.4 is 0 Å². The molecule has 2 aliphatic heterocycles. The second kappa shape index (κ2) is 34.4. The van der Waals surface area contributed by atoms with Crippen molar-refractivity contribution in [3.05, 3.63) is 72.9 Å². The molecule has 0 radical (unpaired) electrons. The summed E-state index contributed by atoms with van der Waals surface area (Å²) in [5.41, 5.74) is 0. The number of allylic oxidation sites excluding steroid dienone is 12. The van der Waals surface area contributed by atoms with Gasteiger partial charge in [0.1, 0.15) is 55.4 Å². The molecule has 15 heteroatoms. The topological polar surface area (TPSA) is 231 Å². The summed E-state index contributed by atoms with van der Waals surface area (Å²) in [6, 6.07) is 0. The van der Waals surface area contributed by atoms with Crippen molar-refractivity contribution in [3.63, 3.8) is 0 Å². The summed E-state index contributed by atoms with van der Waals surface area (Å²) in [6.45, 7) is 2.23. The van der Waals surface area contributed by atoms with Crippen LogP contribution in [0.3, 0.4) is 0 Å². The van der Waals surface area contributed by atoms with E-state index in [9.17, 15) is 45.3 Å². The summed E-state index contributed by atoms with van der Waals surface area (Å²) in [5, 5.41) is 71.8. The van der Waals surface area contributed by atoms with Gasteiger partial charge in [0.25, 0.3) is 0 Å². The van der Waals surface area contributed by atoms with E-state index in [4.69, 9.17) is 28.4 Å². The largest absolute Gasteiger partial charge is 0.462 e. The van der Waals surface area contributed by atoms with E-state index in [1.54, 1.807) is 0 Å². The van der Waals surface area contributed by atoms with Gasteiger partial charge in [-0.3, -0.25) is 9.59 Å². The van der Waals surface area contributed by atoms with E-state index in [-0.39, 0.29) is 19.4 Å². The highest BCUT2D eigenvalue weighted by Gasteiger charge is 2.47. The Balaban J connectivity index is 1.88. The monoisotopic (exact) mass is 881 g/mol. The Morgan fingerprint density at radius 3 is 1.50 bits per heavy atom. The van der Waals surface area contributed by atoms with Gasteiger partial charge in [-0.25, -0.2) is 0 Å². The normalized spacial score (nSPS) is 27.8. The number of carbonyl (C=O) groups is 2. The fourth-order valence-electron chi connectivity index (χ4n) is 6.57. The third-order valence-corrected chi connectivity index (χ3v) is 10.3. The minimum atomic E-state index is -1.77. The molecule has 2 fully saturated rings. The number of esters is 2. The molecule has 0 aromatic carbocycles. The second-order valence-corrected chi connectivity index (χ2v) is 15.6. The van der Waals surface area contributed by atoms with E-state index in [0.717, 1.165) is 77.0 Å². The first-order chi connectivity index (χ1) is 30.0.